The highest BCUT2D eigenvalue weighted by Crippen LogP contribution is 2.13. The van der Waals surface area contributed by atoms with Crippen molar-refractivity contribution in [1.82, 2.24) is 4.90 Å². The molecular weight excluding hydrogens is 242 g/mol. The van der Waals surface area contributed by atoms with Crippen LogP contribution in [0.3, 0.4) is 0 Å². The lowest BCUT2D eigenvalue weighted by Crippen LogP contribution is -2.38. The van der Waals surface area contributed by atoms with Crippen LogP contribution < -0.4 is 0 Å². The Morgan fingerprint density at radius 2 is 1.88 bits per heavy atom. The molecule has 0 unspecified atom stereocenters. The minimum atomic E-state index is 0.225. The van der Waals surface area contributed by atoms with Crippen molar-refractivity contribution in [3.8, 4) is 0 Å². The average Bonchev–Trinajstić information content (AvgIpc) is 2.33. The molecule has 0 radical (unpaired) electrons. The van der Waals surface area contributed by atoms with Crippen LogP contribution in [0.25, 0.3) is 0 Å². The van der Waals surface area contributed by atoms with Gasteiger partial charge in [0.05, 0.1) is 6.42 Å². The molecule has 1 aliphatic rings. The van der Waals surface area contributed by atoms with E-state index in [1.165, 1.54) is 0 Å². The van der Waals surface area contributed by atoms with Crippen LogP contribution in [0.15, 0.2) is 24.3 Å². The third kappa shape index (κ3) is 3.16. The van der Waals surface area contributed by atoms with E-state index in [0.29, 0.717) is 11.4 Å². The maximum absolute atomic E-state index is 11.9. The lowest BCUT2D eigenvalue weighted by Gasteiger charge is -2.26. The highest BCUT2D eigenvalue weighted by atomic mass is 35.5. The number of hydrogen-bond donors (Lipinski definition) is 0. The standard InChI is InChI=1S/C12H14ClNOS/c13-11-3-1-10(2-4-11)9-12(15)14-5-7-16-8-6-14/h1-4H,5-9H2. The molecule has 0 saturated carbocycles. The van der Waals surface area contributed by atoms with Gasteiger partial charge in [-0.1, -0.05) is 23.7 Å². The van der Waals surface area contributed by atoms with Gasteiger partial charge in [0.2, 0.25) is 5.91 Å². The van der Waals surface area contributed by atoms with Crippen molar-refractivity contribution >= 4 is 29.3 Å². The molecule has 1 amide bonds. The highest BCUT2D eigenvalue weighted by Gasteiger charge is 2.16. The summed E-state index contributed by atoms with van der Waals surface area (Å²) in [6.45, 7) is 1.77. The van der Waals surface area contributed by atoms with Crippen LogP contribution in [0.2, 0.25) is 5.02 Å². The van der Waals surface area contributed by atoms with E-state index in [4.69, 9.17) is 11.6 Å². The first kappa shape index (κ1) is 11.8. The van der Waals surface area contributed by atoms with Crippen LogP contribution in [0.1, 0.15) is 5.56 Å². The van der Waals surface area contributed by atoms with E-state index in [0.717, 1.165) is 30.2 Å². The van der Waals surface area contributed by atoms with Gasteiger partial charge in [0.15, 0.2) is 0 Å². The molecule has 2 rings (SSSR count). The Labute approximate surface area is 105 Å². The summed E-state index contributed by atoms with van der Waals surface area (Å²) in [6, 6.07) is 7.49. The number of carbonyl (C=O) groups excluding carboxylic acids is 1. The van der Waals surface area contributed by atoms with Gasteiger partial charge in [0.25, 0.3) is 0 Å². The van der Waals surface area contributed by atoms with E-state index in [1.54, 1.807) is 0 Å². The first-order valence-corrected chi connectivity index (χ1v) is 6.89. The van der Waals surface area contributed by atoms with Gasteiger partial charge in [-0.2, -0.15) is 11.8 Å². The average molecular weight is 256 g/mol. The van der Waals surface area contributed by atoms with Gasteiger partial charge in [-0.05, 0) is 17.7 Å². The number of thioether (sulfide) groups is 1. The zero-order chi connectivity index (χ0) is 11.4. The van der Waals surface area contributed by atoms with Gasteiger partial charge in [0, 0.05) is 29.6 Å². The van der Waals surface area contributed by atoms with E-state index in [1.807, 2.05) is 40.9 Å². The molecule has 0 aliphatic carbocycles. The third-order valence-electron chi connectivity index (χ3n) is 2.63. The van der Waals surface area contributed by atoms with Crippen LogP contribution >= 0.6 is 23.4 Å². The molecule has 0 bridgehead atoms. The zero-order valence-corrected chi connectivity index (χ0v) is 10.6. The Hall–Kier alpha value is -0.670. The summed E-state index contributed by atoms with van der Waals surface area (Å²) < 4.78 is 0. The summed E-state index contributed by atoms with van der Waals surface area (Å²) in [4.78, 5) is 13.9. The van der Waals surface area contributed by atoms with Crippen molar-refractivity contribution in [3.05, 3.63) is 34.9 Å². The normalized spacial score (nSPS) is 16.2. The molecule has 1 aromatic rings. The molecule has 16 heavy (non-hydrogen) atoms. The van der Waals surface area contributed by atoms with Crippen LogP contribution in [0.4, 0.5) is 0 Å². The fourth-order valence-corrected chi connectivity index (χ4v) is 2.73. The van der Waals surface area contributed by atoms with Crippen LogP contribution in [0, 0.1) is 0 Å². The third-order valence-corrected chi connectivity index (χ3v) is 3.83. The predicted octanol–water partition coefficient (Wildman–Crippen LogP) is 2.46. The summed E-state index contributed by atoms with van der Waals surface area (Å²) in [7, 11) is 0. The quantitative estimate of drug-likeness (QED) is 0.809. The fourth-order valence-electron chi connectivity index (χ4n) is 1.70. The number of benzene rings is 1. The number of amides is 1. The van der Waals surface area contributed by atoms with Gasteiger partial charge < -0.3 is 4.90 Å². The molecule has 1 aromatic carbocycles. The van der Waals surface area contributed by atoms with Gasteiger partial charge in [-0.25, -0.2) is 0 Å². The number of halogens is 1. The van der Waals surface area contributed by atoms with E-state index < -0.39 is 0 Å². The number of rotatable bonds is 2. The van der Waals surface area contributed by atoms with Crippen molar-refractivity contribution in [3.63, 3.8) is 0 Å². The second-order valence-electron chi connectivity index (χ2n) is 3.80. The molecule has 86 valence electrons. The smallest absolute Gasteiger partial charge is 0.227 e. The summed E-state index contributed by atoms with van der Waals surface area (Å²) in [6.07, 6.45) is 0.488. The number of hydrogen-bond acceptors (Lipinski definition) is 2. The lowest BCUT2D eigenvalue weighted by molar-refractivity contribution is -0.130. The van der Waals surface area contributed by atoms with Crippen molar-refractivity contribution < 1.29 is 4.79 Å². The van der Waals surface area contributed by atoms with Gasteiger partial charge >= 0.3 is 0 Å². The Morgan fingerprint density at radius 3 is 2.50 bits per heavy atom. The monoisotopic (exact) mass is 255 g/mol. The summed E-state index contributed by atoms with van der Waals surface area (Å²) in [5, 5.41) is 0.713. The van der Waals surface area contributed by atoms with E-state index in [-0.39, 0.29) is 5.91 Å². The van der Waals surface area contributed by atoms with E-state index in [9.17, 15) is 4.79 Å². The second-order valence-corrected chi connectivity index (χ2v) is 5.46. The van der Waals surface area contributed by atoms with Crippen LogP contribution in [-0.2, 0) is 11.2 Å². The molecule has 0 N–H and O–H groups in total. The van der Waals surface area contributed by atoms with Gasteiger partial charge in [-0.3, -0.25) is 4.79 Å². The molecule has 4 heteroatoms. The van der Waals surface area contributed by atoms with Gasteiger partial charge in [0.1, 0.15) is 0 Å². The number of carbonyl (C=O) groups is 1. The first-order valence-electron chi connectivity index (χ1n) is 5.35. The molecule has 1 aliphatic heterocycles. The van der Waals surface area contributed by atoms with Gasteiger partial charge in [-0.15, -0.1) is 0 Å². The van der Waals surface area contributed by atoms with Crippen molar-refractivity contribution in [2.75, 3.05) is 24.6 Å². The predicted molar refractivity (Wildman–Crippen MR) is 69.1 cm³/mol. The highest BCUT2D eigenvalue weighted by molar-refractivity contribution is 7.99. The Balaban J connectivity index is 1.93. The summed E-state index contributed by atoms with van der Waals surface area (Å²) >= 11 is 7.71. The second kappa shape index (κ2) is 5.60. The maximum Gasteiger partial charge on any atom is 0.227 e. The summed E-state index contributed by atoms with van der Waals surface area (Å²) in [5.74, 6) is 2.35. The van der Waals surface area contributed by atoms with Crippen molar-refractivity contribution in [2.24, 2.45) is 0 Å². The molecule has 1 fully saturated rings. The summed E-state index contributed by atoms with van der Waals surface area (Å²) in [5.41, 5.74) is 1.03. The lowest BCUT2D eigenvalue weighted by atomic mass is 10.1. The number of nitrogens with zero attached hydrogens (tertiary/aromatic N) is 1. The Morgan fingerprint density at radius 1 is 1.25 bits per heavy atom. The molecule has 1 heterocycles. The van der Waals surface area contributed by atoms with E-state index >= 15 is 0 Å². The van der Waals surface area contributed by atoms with Crippen molar-refractivity contribution in [1.29, 1.82) is 0 Å². The fraction of sp³-hybridized carbons (Fsp3) is 0.417. The molecular formula is C12H14ClNOS. The molecule has 1 saturated heterocycles. The Kier molecular flexibility index (Phi) is 4.13. The van der Waals surface area contributed by atoms with Crippen molar-refractivity contribution in [2.45, 2.75) is 6.42 Å². The van der Waals surface area contributed by atoms with Crippen LogP contribution in [0.5, 0.6) is 0 Å². The zero-order valence-electron chi connectivity index (χ0n) is 8.99. The molecule has 0 atom stereocenters. The first-order chi connectivity index (χ1) is 7.75. The SMILES string of the molecule is O=C(Cc1ccc(Cl)cc1)N1CCSCC1. The molecule has 0 spiro atoms. The Bertz CT molecular complexity index is 360. The molecule has 2 nitrogen and oxygen atoms in total. The molecule has 0 aromatic heterocycles. The largest absolute Gasteiger partial charge is 0.341 e. The van der Waals surface area contributed by atoms with E-state index in [2.05, 4.69) is 0 Å². The minimum Gasteiger partial charge on any atom is -0.341 e. The van der Waals surface area contributed by atoms with Crippen LogP contribution in [-0.4, -0.2) is 35.4 Å². The topological polar surface area (TPSA) is 20.3 Å². The minimum absolute atomic E-state index is 0.225. The maximum atomic E-state index is 11.9.